The van der Waals surface area contributed by atoms with Gasteiger partial charge < -0.3 is 18.9 Å². The van der Waals surface area contributed by atoms with Gasteiger partial charge in [-0.2, -0.15) is 0 Å². The lowest BCUT2D eigenvalue weighted by molar-refractivity contribution is -0.0426. The van der Waals surface area contributed by atoms with Gasteiger partial charge in [0.1, 0.15) is 18.3 Å². The molecule has 2 rings (SSSR count). The second-order valence-electron chi connectivity index (χ2n) is 5.21. The summed E-state index contributed by atoms with van der Waals surface area (Å²) in [5.41, 5.74) is 0. The predicted octanol–water partition coefficient (Wildman–Crippen LogP) is 4.97. The van der Waals surface area contributed by atoms with Crippen LogP contribution in [0.1, 0.15) is 6.92 Å². The summed E-state index contributed by atoms with van der Waals surface area (Å²) in [5.74, 6) is 3.59. The van der Waals surface area contributed by atoms with Crippen LogP contribution in [0.2, 0.25) is 0 Å². The molecular weight excluding hydrogens is 368 g/mol. The third-order valence-corrected chi connectivity index (χ3v) is 5.31. The molecular formula is C20H26O4S2. The van der Waals surface area contributed by atoms with Crippen LogP contribution in [0, 0.1) is 0 Å². The van der Waals surface area contributed by atoms with Gasteiger partial charge in [-0.1, -0.05) is 0 Å². The molecule has 0 bridgehead atoms. The molecule has 2 aromatic rings. The molecule has 0 heterocycles. The molecule has 2 aromatic carbocycles. The highest BCUT2D eigenvalue weighted by molar-refractivity contribution is 7.99. The molecule has 0 radical (unpaired) electrons. The van der Waals surface area contributed by atoms with Crippen LogP contribution < -0.4 is 9.47 Å². The van der Waals surface area contributed by atoms with Crippen LogP contribution in [0.3, 0.4) is 0 Å². The van der Waals surface area contributed by atoms with Crippen molar-refractivity contribution in [2.24, 2.45) is 0 Å². The summed E-state index contributed by atoms with van der Waals surface area (Å²) < 4.78 is 21.6. The Morgan fingerprint density at radius 2 is 1.23 bits per heavy atom. The first-order chi connectivity index (χ1) is 12.8. The molecule has 0 unspecified atom stereocenters. The highest BCUT2D eigenvalue weighted by Gasteiger charge is 1.98. The summed E-state index contributed by atoms with van der Waals surface area (Å²) in [6, 6.07) is 16.2. The van der Waals surface area contributed by atoms with Crippen molar-refractivity contribution in [2.75, 3.05) is 45.2 Å². The zero-order chi connectivity index (χ0) is 18.5. The quantitative estimate of drug-likeness (QED) is 0.271. The molecule has 0 spiro atoms. The largest absolute Gasteiger partial charge is 0.497 e. The van der Waals surface area contributed by atoms with E-state index in [1.807, 2.05) is 31.2 Å². The maximum Gasteiger partial charge on any atom is 0.146 e. The van der Waals surface area contributed by atoms with E-state index in [2.05, 4.69) is 24.3 Å². The molecule has 0 atom stereocenters. The first-order valence-corrected chi connectivity index (χ1v) is 10.6. The summed E-state index contributed by atoms with van der Waals surface area (Å²) in [7, 11) is 1.67. The summed E-state index contributed by atoms with van der Waals surface area (Å²) in [4.78, 5) is 2.43. The topological polar surface area (TPSA) is 36.9 Å². The maximum atomic E-state index is 5.51. The first kappa shape index (κ1) is 21.0. The summed E-state index contributed by atoms with van der Waals surface area (Å²) in [5, 5.41) is 0. The second-order valence-corrected chi connectivity index (χ2v) is 7.55. The summed E-state index contributed by atoms with van der Waals surface area (Å²) in [6.07, 6.45) is 0. The summed E-state index contributed by atoms with van der Waals surface area (Å²) in [6.45, 7) is 4.36. The van der Waals surface area contributed by atoms with E-state index >= 15 is 0 Å². The van der Waals surface area contributed by atoms with E-state index in [1.54, 1.807) is 30.6 Å². The van der Waals surface area contributed by atoms with Crippen LogP contribution in [0.4, 0.5) is 0 Å². The number of methoxy groups -OCH3 is 1. The molecule has 0 aliphatic rings. The monoisotopic (exact) mass is 394 g/mol. The van der Waals surface area contributed by atoms with E-state index < -0.39 is 0 Å². The predicted molar refractivity (Wildman–Crippen MR) is 109 cm³/mol. The molecule has 142 valence electrons. The van der Waals surface area contributed by atoms with Crippen molar-refractivity contribution in [3.05, 3.63) is 48.5 Å². The average Bonchev–Trinajstić information content (AvgIpc) is 2.68. The van der Waals surface area contributed by atoms with Crippen LogP contribution in [0.15, 0.2) is 58.3 Å². The maximum absolute atomic E-state index is 5.51. The molecule has 4 nitrogen and oxygen atoms in total. The van der Waals surface area contributed by atoms with Crippen LogP contribution >= 0.6 is 23.5 Å². The molecule has 0 amide bonds. The number of hydrogen-bond donors (Lipinski definition) is 0. The van der Waals surface area contributed by atoms with Crippen molar-refractivity contribution in [3.8, 4) is 11.5 Å². The standard InChI is InChI=1S/C20H26O4S2/c1-3-24-18-6-10-20(11-7-18)26-15-13-23-16-22-12-14-25-19-8-4-17(21-2)5-9-19/h4-11H,3,12-16H2,1-2H3. The lowest BCUT2D eigenvalue weighted by atomic mass is 10.3. The lowest BCUT2D eigenvalue weighted by Crippen LogP contribution is -2.05. The van der Waals surface area contributed by atoms with Crippen molar-refractivity contribution >= 4 is 23.5 Å². The molecule has 0 aliphatic carbocycles. The van der Waals surface area contributed by atoms with Crippen molar-refractivity contribution in [1.29, 1.82) is 0 Å². The van der Waals surface area contributed by atoms with Crippen molar-refractivity contribution in [3.63, 3.8) is 0 Å². The Balaban J connectivity index is 1.45. The van der Waals surface area contributed by atoms with Gasteiger partial charge in [0, 0.05) is 21.3 Å². The van der Waals surface area contributed by atoms with E-state index in [9.17, 15) is 0 Å². The Morgan fingerprint density at radius 1 is 0.731 bits per heavy atom. The van der Waals surface area contributed by atoms with Gasteiger partial charge in [-0.15, -0.1) is 23.5 Å². The highest BCUT2D eigenvalue weighted by Crippen LogP contribution is 2.22. The van der Waals surface area contributed by atoms with Crippen molar-refractivity contribution < 1.29 is 18.9 Å². The van der Waals surface area contributed by atoms with Crippen molar-refractivity contribution in [1.82, 2.24) is 0 Å². The van der Waals surface area contributed by atoms with Crippen molar-refractivity contribution in [2.45, 2.75) is 16.7 Å². The minimum absolute atomic E-state index is 0.340. The van der Waals surface area contributed by atoms with Crippen LogP contribution in [0.5, 0.6) is 11.5 Å². The number of rotatable bonds is 13. The van der Waals surface area contributed by atoms with E-state index in [-0.39, 0.29) is 0 Å². The fraction of sp³-hybridized carbons (Fsp3) is 0.400. The van der Waals surface area contributed by atoms with Gasteiger partial charge in [0.2, 0.25) is 0 Å². The molecule has 6 heteroatoms. The summed E-state index contributed by atoms with van der Waals surface area (Å²) >= 11 is 3.52. The SMILES string of the molecule is CCOc1ccc(SCCOCOCCSc2ccc(OC)cc2)cc1. The third-order valence-electron chi connectivity index (χ3n) is 3.35. The molecule has 0 fully saturated rings. The molecule has 0 aliphatic heterocycles. The smallest absolute Gasteiger partial charge is 0.146 e. The Labute approximate surface area is 164 Å². The number of hydrogen-bond acceptors (Lipinski definition) is 6. The van der Waals surface area contributed by atoms with Gasteiger partial charge in [0.05, 0.1) is 26.9 Å². The number of ether oxygens (including phenoxy) is 4. The number of thioether (sulfide) groups is 2. The van der Waals surface area contributed by atoms with E-state index in [0.29, 0.717) is 26.6 Å². The minimum atomic E-state index is 0.340. The third kappa shape index (κ3) is 8.36. The van der Waals surface area contributed by atoms with Crippen LogP contribution in [0.25, 0.3) is 0 Å². The highest BCUT2D eigenvalue weighted by atomic mass is 32.2. The average molecular weight is 395 g/mol. The Kier molecular flexibility index (Phi) is 10.4. The lowest BCUT2D eigenvalue weighted by Gasteiger charge is -2.07. The van der Waals surface area contributed by atoms with Gasteiger partial charge in [-0.3, -0.25) is 0 Å². The Morgan fingerprint density at radius 3 is 1.69 bits per heavy atom. The molecule has 0 saturated carbocycles. The minimum Gasteiger partial charge on any atom is -0.497 e. The molecule has 26 heavy (non-hydrogen) atoms. The van der Waals surface area contributed by atoms with Gasteiger partial charge >= 0.3 is 0 Å². The second kappa shape index (κ2) is 12.9. The van der Waals surface area contributed by atoms with Crippen LogP contribution in [-0.2, 0) is 9.47 Å². The zero-order valence-electron chi connectivity index (χ0n) is 15.3. The molecule has 0 aromatic heterocycles. The fourth-order valence-electron chi connectivity index (χ4n) is 2.08. The zero-order valence-corrected chi connectivity index (χ0v) is 16.9. The molecule has 0 saturated heterocycles. The molecule has 0 N–H and O–H groups in total. The van der Waals surface area contributed by atoms with Gasteiger partial charge in [0.15, 0.2) is 0 Å². The first-order valence-electron chi connectivity index (χ1n) is 8.60. The van der Waals surface area contributed by atoms with Gasteiger partial charge in [-0.05, 0) is 55.5 Å². The van der Waals surface area contributed by atoms with Crippen LogP contribution in [-0.4, -0.2) is 45.2 Å². The van der Waals surface area contributed by atoms with E-state index in [1.165, 1.54) is 9.79 Å². The van der Waals surface area contributed by atoms with E-state index in [0.717, 1.165) is 23.0 Å². The van der Waals surface area contributed by atoms with Gasteiger partial charge in [0.25, 0.3) is 0 Å². The van der Waals surface area contributed by atoms with Gasteiger partial charge in [-0.25, -0.2) is 0 Å². The Bertz CT molecular complexity index is 602. The normalized spacial score (nSPS) is 10.7. The number of benzene rings is 2. The van der Waals surface area contributed by atoms with E-state index in [4.69, 9.17) is 18.9 Å². The fourth-order valence-corrected chi connectivity index (χ4v) is 3.62. The Hall–Kier alpha value is -1.34.